The van der Waals surface area contributed by atoms with Crippen molar-refractivity contribution in [3.8, 4) is 11.5 Å². The van der Waals surface area contributed by atoms with Gasteiger partial charge in [0.15, 0.2) is 18.4 Å². The van der Waals surface area contributed by atoms with Crippen molar-refractivity contribution in [2.24, 2.45) is 0 Å². The maximum absolute atomic E-state index is 13.8. The molecule has 2 fully saturated rings. The number of nitrogens with zero attached hydrogens (tertiary/aromatic N) is 1. The molecule has 2 aliphatic carbocycles. The summed E-state index contributed by atoms with van der Waals surface area (Å²) in [7, 11) is 4.98. The fourth-order valence-electron chi connectivity index (χ4n) is 7.68. The van der Waals surface area contributed by atoms with Crippen molar-refractivity contribution in [1.82, 2.24) is 4.90 Å². The molecule has 0 saturated carbocycles. The van der Waals surface area contributed by atoms with Crippen LogP contribution < -0.4 is 0 Å². The van der Waals surface area contributed by atoms with Crippen molar-refractivity contribution < 1.29 is 58.5 Å². The van der Waals surface area contributed by atoms with Crippen LogP contribution in [0.4, 0.5) is 0 Å². The molecule has 2 aromatic carbocycles. The summed E-state index contributed by atoms with van der Waals surface area (Å²) in [5, 5.41) is 44.1. The van der Waals surface area contributed by atoms with Gasteiger partial charge in [-0.3, -0.25) is 14.4 Å². The average Bonchev–Trinajstić information content (AvgIpc) is 3.01. The largest absolute Gasteiger partial charge is 0.507 e. The number of benzene rings is 2. The summed E-state index contributed by atoms with van der Waals surface area (Å²) < 4.78 is 30.1. The highest BCUT2D eigenvalue weighted by Crippen LogP contribution is 2.53. The first-order chi connectivity index (χ1) is 22.6. The van der Waals surface area contributed by atoms with Gasteiger partial charge in [0.05, 0.1) is 48.3 Å². The Morgan fingerprint density at radius 3 is 2.35 bits per heavy atom. The van der Waals surface area contributed by atoms with Crippen LogP contribution >= 0.6 is 0 Å². The third kappa shape index (κ3) is 5.81. The van der Waals surface area contributed by atoms with Crippen LogP contribution in [-0.2, 0) is 28.5 Å². The predicted molar refractivity (Wildman–Crippen MR) is 168 cm³/mol. The van der Waals surface area contributed by atoms with Gasteiger partial charge < -0.3 is 49.0 Å². The standard InChI is InChI=1S/C35H43NO12/c1-15-21(37)10-11-24(45-15)48-33-16(2)46-25(13-20(33)36(4)5)47-23-14-35(3,43)29(34(42)44-6)18-12-19-28(32(41)27(18)23)31(40)26-17(30(19)39)8-7-9-22(26)38/h7-9,12,15-16,20-21,23-25,29,33,37-38,41,43H,10-11,13-14H2,1-6H3/t15-,16-,20-,21+,23+,24-,25+,29+,33+,35+/m1/s1. The number of aliphatic hydroxyl groups excluding tert-OH is 1. The molecule has 0 bridgehead atoms. The molecule has 0 radical (unpaired) electrons. The van der Waals surface area contributed by atoms with Gasteiger partial charge in [0, 0.05) is 42.0 Å². The van der Waals surface area contributed by atoms with Gasteiger partial charge in [0.1, 0.15) is 23.5 Å². The van der Waals surface area contributed by atoms with Crippen molar-refractivity contribution in [1.29, 1.82) is 0 Å². The van der Waals surface area contributed by atoms with Crippen molar-refractivity contribution in [3.63, 3.8) is 0 Å². The number of esters is 1. The monoisotopic (exact) mass is 669 g/mol. The minimum absolute atomic E-state index is 0.0443. The Labute approximate surface area is 278 Å². The zero-order valence-electron chi connectivity index (χ0n) is 27.8. The van der Waals surface area contributed by atoms with E-state index in [1.807, 2.05) is 25.9 Å². The number of likely N-dealkylation sites (N-methyl/N-ethyl adjacent to an activating group) is 1. The van der Waals surface area contributed by atoms with E-state index in [1.165, 1.54) is 38.3 Å². The fraction of sp³-hybridized carbons (Fsp3) is 0.571. The minimum atomic E-state index is -1.75. The van der Waals surface area contributed by atoms with Crippen LogP contribution in [0, 0.1) is 0 Å². The molecular weight excluding hydrogens is 626 g/mol. The number of methoxy groups -OCH3 is 1. The van der Waals surface area contributed by atoms with Gasteiger partial charge in [-0.1, -0.05) is 12.1 Å². The maximum atomic E-state index is 13.8. The van der Waals surface area contributed by atoms with E-state index in [1.54, 1.807) is 6.92 Å². The Kier molecular flexibility index (Phi) is 9.18. The number of carbonyl (C=O) groups is 3. The first kappa shape index (κ1) is 34.4. The molecule has 13 nitrogen and oxygen atoms in total. The van der Waals surface area contributed by atoms with E-state index < -0.39 is 77.5 Å². The van der Waals surface area contributed by atoms with E-state index >= 15 is 0 Å². The highest BCUT2D eigenvalue weighted by atomic mass is 16.7. The quantitative estimate of drug-likeness (QED) is 0.282. The zero-order valence-corrected chi connectivity index (χ0v) is 27.8. The topological polar surface area (TPSA) is 182 Å². The normalized spacial score (nSPS) is 34.7. The van der Waals surface area contributed by atoms with E-state index in [-0.39, 0.29) is 51.9 Å². The van der Waals surface area contributed by atoms with Crippen LogP contribution in [0.1, 0.15) is 101 Å². The third-order valence-corrected chi connectivity index (χ3v) is 10.2. The van der Waals surface area contributed by atoms with Crippen LogP contribution in [0.15, 0.2) is 24.3 Å². The van der Waals surface area contributed by atoms with Crippen LogP contribution in [0.25, 0.3) is 0 Å². The van der Waals surface area contributed by atoms with Crippen molar-refractivity contribution in [3.05, 3.63) is 57.6 Å². The summed E-state index contributed by atoms with van der Waals surface area (Å²) >= 11 is 0. The van der Waals surface area contributed by atoms with Crippen molar-refractivity contribution in [2.75, 3.05) is 21.2 Å². The molecule has 2 saturated heterocycles. The van der Waals surface area contributed by atoms with E-state index in [0.29, 0.717) is 19.3 Å². The Morgan fingerprint density at radius 1 is 0.979 bits per heavy atom. The lowest BCUT2D eigenvalue weighted by Gasteiger charge is -2.47. The van der Waals surface area contributed by atoms with Crippen molar-refractivity contribution >= 4 is 17.5 Å². The maximum Gasteiger partial charge on any atom is 0.316 e. The predicted octanol–water partition coefficient (Wildman–Crippen LogP) is 2.68. The number of phenolic OH excluding ortho intramolecular Hbond substituents is 2. The Hall–Kier alpha value is -3.43. The van der Waals surface area contributed by atoms with Gasteiger partial charge in [0.2, 0.25) is 5.78 Å². The molecular formula is C35H43NO12. The molecule has 10 atom stereocenters. The highest BCUT2D eigenvalue weighted by Gasteiger charge is 2.52. The van der Waals surface area contributed by atoms with E-state index in [2.05, 4.69) is 0 Å². The van der Waals surface area contributed by atoms with Gasteiger partial charge in [0.25, 0.3) is 0 Å². The summed E-state index contributed by atoms with van der Waals surface area (Å²) in [6.07, 6.45) is -3.14. The molecule has 4 N–H and O–H groups in total. The number of ketones is 2. The molecule has 48 heavy (non-hydrogen) atoms. The Bertz CT molecular complexity index is 1620. The molecule has 13 heteroatoms. The number of aromatic hydroxyl groups is 2. The number of hydrogen-bond donors (Lipinski definition) is 4. The fourth-order valence-corrected chi connectivity index (χ4v) is 7.68. The lowest BCUT2D eigenvalue weighted by Crippen LogP contribution is -2.56. The third-order valence-electron chi connectivity index (χ3n) is 10.2. The summed E-state index contributed by atoms with van der Waals surface area (Å²) in [6.45, 7) is 5.09. The smallest absolute Gasteiger partial charge is 0.316 e. The number of phenols is 2. The van der Waals surface area contributed by atoms with Crippen LogP contribution in [0.2, 0.25) is 0 Å². The number of aliphatic hydroxyl groups is 2. The van der Waals surface area contributed by atoms with Gasteiger partial charge in [-0.15, -0.1) is 0 Å². The highest BCUT2D eigenvalue weighted by molar-refractivity contribution is 6.30. The molecule has 6 rings (SSSR count). The first-order valence-corrected chi connectivity index (χ1v) is 16.2. The molecule has 2 aromatic rings. The average molecular weight is 670 g/mol. The van der Waals surface area contributed by atoms with Crippen LogP contribution in [0.3, 0.4) is 0 Å². The molecule has 0 spiro atoms. The molecule has 260 valence electrons. The number of carbonyl (C=O) groups excluding carboxylic acids is 3. The molecule has 0 unspecified atom stereocenters. The minimum Gasteiger partial charge on any atom is -0.507 e. The van der Waals surface area contributed by atoms with Gasteiger partial charge >= 0.3 is 5.97 Å². The van der Waals surface area contributed by atoms with Gasteiger partial charge in [-0.2, -0.15) is 0 Å². The van der Waals surface area contributed by atoms with Crippen molar-refractivity contribution in [2.45, 2.75) is 107 Å². The van der Waals surface area contributed by atoms with Gasteiger partial charge in [-0.25, -0.2) is 0 Å². The summed E-state index contributed by atoms with van der Waals surface area (Å²) in [6, 6.07) is 5.24. The van der Waals surface area contributed by atoms with E-state index in [4.69, 9.17) is 23.7 Å². The van der Waals surface area contributed by atoms with Crippen LogP contribution in [-0.4, -0.2) is 113 Å². The zero-order chi connectivity index (χ0) is 34.8. The number of fused-ring (bicyclic) bond motifs is 3. The SMILES string of the molecule is COC(=O)[C@@H]1c2cc3c(c(O)c2[C@@H](O[C@H]2C[C@@H](N(C)C)[C@@H](O[C@@H]4CC[C@H](O)[C@@H](C)O4)[C@@H](C)O2)C[C@]1(C)O)C(=O)c1c(O)cccc1C3=O. The van der Waals surface area contributed by atoms with E-state index in [0.717, 1.165) is 0 Å². The first-order valence-electron chi connectivity index (χ1n) is 16.2. The van der Waals surface area contributed by atoms with Gasteiger partial charge in [-0.05, 0) is 59.0 Å². The molecule has 0 amide bonds. The Balaban J connectivity index is 1.36. The lowest BCUT2D eigenvalue weighted by atomic mass is 9.68. The second-order valence-electron chi connectivity index (χ2n) is 13.7. The summed E-state index contributed by atoms with van der Waals surface area (Å²) in [5.41, 5.74) is -2.38. The second-order valence-corrected chi connectivity index (χ2v) is 13.7. The number of rotatable bonds is 6. The van der Waals surface area contributed by atoms with Crippen LogP contribution in [0.5, 0.6) is 11.5 Å². The number of ether oxygens (including phenoxy) is 5. The summed E-state index contributed by atoms with van der Waals surface area (Å²) in [5.74, 6) is -4.49. The lowest BCUT2D eigenvalue weighted by molar-refractivity contribution is -0.302. The number of hydrogen-bond acceptors (Lipinski definition) is 13. The second kappa shape index (κ2) is 12.8. The molecule has 4 aliphatic rings. The molecule has 2 aliphatic heterocycles. The molecule has 0 aromatic heterocycles. The molecule has 2 heterocycles. The summed E-state index contributed by atoms with van der Waals surface area (Å²) in [4.78, 5) is 42.5. The van der Waals surface area contributed by atoms with E-state index in [9.17, 15) is 34.8 Å². The Morgan fingerprint density at radius 2 is 1.69 bits per heavy atom.